The van der Waals surface area contributed by atoms with Gasteiger partial charge in [-0.05, 0) is 55.2 Å². The van der Waals surface area contributed by atoms with E-state index in [-0.39, 0.29) is 11.0 Å². The summed E-state index contributed by atoms with van der Waals surface area (Å²) in [5.41, 5.74) is 8.31. The molecule has 4 rings (SSSR count). The van der Waals surface area contributed by atoms with Gasteiger partial charge in [-0.1, -0.05) is 32.9 Å². The average molecular weight is 482 g/mol. The number of nitrogens with one attached hydrogen (secondary N) is 2. The van der Waals surface area contributed by atoms with E-state index in [0.717, 1.165) is 39.1 Å². The topological polar surface area (TPSA) is 72.5 Å². The van der Waals surface area contributed by atoms with E-state index >= 15 is 0 Å². The standard InChI is InChI=1S/C25H31N3O3SSi/c1-7-30-24(29)23-22(19-12-13-26-15-21(19)32-23)27-17-9-10-18-16(14-17)8-11-20(18)28-31-33(5,6)25(2,3)4/h9-15,27-28H,7-8H2,1-6H3. The number of hydrogen-bond donors (Lipinski definition) is 2. The number of fused-ring (bicyclic) bond motifs is 2. The number of allylic oxidation sites excluding steroid dienone is 1. The Hall–Kier alpha value is -2.68. The van der Waals surface area contributed by atoms with E-state index in [9.17, 15) is 4.79 Å². The van der Waals surface area contributed by atoms with Gasteiger partial charge in [-0.2, -0.15) is 0 Å². The smallest absolute Gasteiger partial charge is 0.350 e. The Morgan fingerprint density at radius 1 is 1.24 bits per heavy atom. The summed E-state index contributed by atoms with van der Waals surface area (Å²) in [7, 11) is -1.91. The van der Waals surface area contributed by atoms with Crippen molar-refractivity contribution in [3.05, 3.63) is 58.7 Å². The molecule has 1 aliphatic carbocycles. The molecule has 6 nitrogen and oxygen atoms in total. The van der Waals surface area contributed by atoms with Crippen LogP contribution < -0.4 is 10.8 Å². The number of carbonyl (C=O) groups is 1. The zero-order chi connectivity index (χ0) is 23.8. The van der Waals surface area contributed by atoms with E-state index in [1.54, 1.807) is 12.4 Å². The quantitative estimate of drug-likeness (QED) is 0.224. The molecule has 0 aliphatic heterocycles. The summed E-state index contributed by atoms with van der Waals surface area (Å²) in [5.74, 6) is -0.321. The van der Waals surface area contributed by atoms with Crippen LogP contribution in [0.3, 0.4) is 0 Å². The van der Waals surface area contributed by atoms with E-state index in [4.69, 9.17) is 9.26 Å². The third-order valence-electron chi connectivity index (χ3n) is 6.37. The third kappa shape index (κ3) is 4.69. The summed E-state index contributed by atoms with van der Waals surface area (Å²) in [6, 6.07) is 8.18. The zero-order valence-electron chi connectivity index (χ0n) is 20.0. The second-order valence-electron chi connectivity index (χ2n) is 9.68. The molecule has 174 valence electrons. The minimum absolute atomic E-state index is 0.130. The first-order chi connectivity index (χ1) is 15.6. The normalized spacial score (nSPS) is 13.6. The molecule has 0 atom stereocenters. The number of aromatic nitrogens is 1. The minimum Gasteiger partial charge on any atom is -0.462 e. The van der Waals surface area contributed by atoms with Gasteiger partial charge in [-0.3, -0.25) is 10.5 Å². The van der Waals surface area contributed by atoms with Crippen molar-refractivity contribution in [1.29, 1.82) is 0 Å². The Morgan fingerprint density at radius 3 is 2.76 bits per heavy atom. The molecule has 3 aromatic rings. The molecule has 2 aromatic heterocycles. The van der Waals surface area contributed by atoms with Crippen LogP contribution in [0.25, 0.3) is 15.8 Å². The first-order valence-electron chi connectivity index (χ1n) is 11.2. The molecule has 0 spiro atoms. The van der Waals surface area contributed by atoms with Gasteiger partial charge in [0, 0.05) is 29.0 Å². The Kier molecular flexibility index (Phi) is 6.35. The largest absolute Gasteiger partial charge is 0.462 e. The lowest BCUT2D eigenvalue weighted by Gasteiger charge is -2.35. The Bertz CT molecular complexity index is 1230. The van der Waals surface area contributed by atoms with Crippen LogP contribution in [0.4, 0.5) is 11.4 Å². The van der Waals surface area contributed by atoms with Crippen LogP contribution in [-0.4, -0.2) is 25.9 Å². The van der Waals surface area contributed by atoms with Gasteiger partial charge in [-0.15, -0.1) is 11.3 Å². The molecule has 1 aliphatic rings. The van der Waals surface area contributed by atoms with Gasteiger partial charge in [0.25, 0.3) is 0 Å². The van der Waals surface area contributed by atoms with Crippen molar-refractivity contribution in [2.45, 2.75) is 52.2 Å². The number of hydrogen-bond acceptors (Lipinski definition) is 7. The van der Waals surface area contributed by atoms with Gasteiger partial charge in [0.1, 0.15) is 4.88 Å². The molecular formula is C25H31N3O3SSi. The van der Waals surface area contributed by atoms with Crippen molar-refractivity contribution in [1.82, 2.24) is 10.5 Å². The molecule has 0 bridgehead atoms. The van der Waals surface area contributed by atoms with Crippen molar-refractivity contribution in [3.8, 4) is 0 Å². The van der Waals surface area contributed by atoms with Gasteiger partial charge in [0.15, 0.2) is 0 Å². The van der Waals surface area contributed by atoms with Crippen molar-refractivity contribution in [2.24, 2.45) is 0 Å². The molecule has 0 unspecified atom stereocenters. The number of hydroxylamine groups is 1. The molecule has 0 saturated carbocycles. The molecule has 0 amide bonds. The Balaban J connectivity index is 1.57. The van der Waals surface area contributed by atoms with Crippen molar-refractivity contribution < 1.29 is 14.1 Å². The molecule has 2 heterocycles. The molecule has 2 N–H and O–H groups in total. The van der Waals surface area contributed by atoms with Gasteiger partial charge in [0.05, 0.1) is 22.7 Å². The van der Waals surface area contributed by atoms with E-state index < -0.39 is 8.32 Å². The number of anilines is 2. The van der Waals surface area contributed by atoms with Crippen LogP contribution >= 0.6 is 11.3 Å². The summed E-state index contributed by atoms with van der Waals surface area (Å²) >= 11 is 1.40. The van der Waals surface area contributed by atoms with Gasteiger partial charge in [-0.25, -0.2) is 4.79 Å². The lowest BCUT2D eigenvalue weighted by atomic mass is 10.1. The van der Waals surface area contributed by atoms with E-state index in [1.165, 1.54) is 16.9 Å². The third-order valence-corrected chi connectivity index (χ3v) is 11.7. The fourth-order valence-electron chi connectivity index (χ4n) is 3.42. The van der Waals surface area contributed by atoms with Crippen LogP contribution in [-0.2, 0) is 15.7 Å². The number of pyridine rings is 1. The summed E-state index contributed by atoms with van der Waals surface area (Å²) in [4.78, 5) is 17.3. The fourth-order valence-corrected chi connectivity index (χ4v) is 5.11. The highest BCUT2D eigenvalue weighted by molar-refractivity contribution is 7.21. The number of benzene rings is 1. The number of rotatable bonds is 7. The maximum atomic E-state index is 12.6. The summed E-state index contributed by atoms with van der Waals surface area (Å²) < 4.78 is 12.4. The maximum Gasteiger partial charge on any atom is 0.350 e. The van der Waals surface area contributed by atoms with Crippen LogP contribution in [0.5, 0.6) is 0 Å². The SMILES string of the molecule is CCOC(=O)c1sc2cnccc2c1Nc1ccc2c(c1)CC=C2NO[Si](C)(C)C(C)(C)C. The molecule has 33 heavy (non-hydrogen) atoms. The second-order valence-corrected chi connectivity index (χ2v) is 15.5. The number of nitrogens with zero attached hydrogens (tertiary/aromatic N) is 1. The van der Waals surface area contributed by atoms with Crippen LogP contribution in [0, 0.1) is 0 Å². The maximum absolute atomic E-state index is 12.6. The van der Waals surface area contributed by atoms with Gasteiger partial charge in [0.2, 0.25) is 8.32 Å². The van der Waals surface area contributed by atoms with Crippen molar-refractivity contribution >= 4 is 52.8 Å². The van der Waals surface area contributed by atoms with E-state index in [0.29, 0.717) is 11.5 Å². The summed E-state index contributed by atoms with van der Waals surface area (Å²) in [5, 5.41) is 4.56. The fraction of sp³-hybridized carbons (Fsp3) is 0.360. The second kappa shape index (κ2) is 8.93. The predicted octanol–water partition coefficient (Wildman–Crippen LogP) is 6.64. The number of ether oxygens (including phenoxy) is 1. The van der Waals surface area contributed by atoms with E-state index in [2.05, 4.69) is 67.9 Å². The zero-order valence-corrected chi connectivity index (χ0v) is 21.9. The number of carbonyl (C=O) groups excluding carboxylic acids is 1. The molecule has 8 heteroatoms. The van der Waals surface area contributed by atoms with Crippen molar-refractivity contribution in [2.75, 3.05) is 11.9 Å². The van der Waals surface area contributed by atoms with Crippen LogP contribution in [0.15, 0.2) is 42.7 Å². The Labute approximate surface area is 200 Å². The predicted molar refractivity (Wildman–Crippen MR) is 138 cm³/mol. The monoisotopic (exact) mass is 481 g/mol. The first-order valence-corrected chi connectivity index (χ1v) is 14.9. The van der Waals surface area contributed by atoms with Crippen LogP contribution in [0.2, 0.25) is 18.1 Å². The van der Waals surface area contributed by atoms with Crippen LogP contribution in [0.1, 0.15) is 48.5 Å². The lowest BCUT2D eigenvalue weighted by molar-refractivity contribution is 0.0533. The van der Waals surface area contributed by atoms with Gasteiger partial charge >= 0.3 is 5.97 Å². The molecule has 0 saturated heterocycles. The highest BCUT2D eigenvalue weighted by Crippen LogP contribution is 2.39. The van der Waals surface area contributed by atoms with E-state index in [1.807, 2.05) is 19.1 Å². The lowest BCUT2D eigenvalue weighted by Crippen LogP contribution is -2.44. The molecule has 0 fully saturated rings. The number of thiophene rings is 1. The minimum atomic E-state index is -1.91. The highest BCUT2D eigenvalue weighted by Gasteiger charge is 2.38. The molecular weight excluding hydrogens is 450 g/mol. The Morgan fingerprint density at radius 2 is 2.03 bits per heavy atom. The molecule has 0 radical (unpaired) electrons. The molecule has 1 aromatic carbocycles. The van der Waals surface area contributed by atoms with Crippen molar-refractivity contribution in [3.63, 3.8) is 0 Å². The first kappa shape index (κ1) is 23.5. The average Bonchev–Trinajstić information content (AvgIpc) is 3.33. The summed E-state index contributed by atoms with van der Waals surface area (Å²) in [6.07, 6.45) is 6.51. The highest BCUT2D eigenvalue weighted by atomic mass is 32.1. The van der Waals surface area contributed by atoms with Gasteiger partial charge < -0.3 is 14.6 Å². The number of esters is 1. The summed E-state index contributed by atoms with van der Waals surface area (Å²) in [6.45, 7) is 13.3.